The Balaban J connectivity index is 1.61. The van der Waals surface area contributed by atoms with Crippen LogP contribution in [0.25, 0.3) is 33.4 Å². The molecule has 2 aromatic heterocycles. The molecular weight excluding hydrogens is 402 g/mol. The minimum atomic E-state index is 0.568. The van der Waals surface area contributed by atoms with Gasteiger partial charge in [0.2, 0.25) is 0 Å². The monoisotopic (exact) mass is 423 g/mol. The molecule has 0 aliphatic heterocycles. The van der Waals surface area contributed by atoms with Gasteiger partial charge in [0.05, 0.1) is 31.0 Å². The SMILES string of the molecule is COc1cccc(-c2[nH]nc3ncnc(Nc4cc(-c5ccccc5)ccc4OC)c23)c1. The summed E-state index contributed by atoms with van der Waals surface area (Å²) in [5, 5.41) is 11.7. The van der Waals surface area contributed by atoms with Gasteiger partial charge >= 0.3 is 0 Å². The van der Waals surface area contributed by atoms with Crippen molar-refractivity contribution in [3.8, 4) is 33.9 Å². The molecule has 7 heteroatoms. The van der Waals surface area contributed by atoms with Crippen LogP contribution in [-0.2, 0) is 0 Å². The molecule has 0 radical (unpaired) electrons. The van der Waals surface area contributed by atoms with Gasteiger partial charge in [-0.05, 0) is 35.4 Å². The third-order valence-corrected chi connectivity index (χ3v) is 5.27. The predicted octanol–water partition coefficient (Wildman–Crippen LogP) is 5.45. The number of fused-ring (bicyclic) bond motifs is 1. The quantitative estimate of drug-likeness (QED) is 0.378. The summed E-state index contributed by atoms with van der Waals surface area (Å²) in [6.07, 6.45) is 1.49. The lowest BCUT2D eigenvalue weighted by atomic mass is 10.0. The first kappa shape index (κ1) is 19.6. The van der Waals surface area contributed by atoms with Gasteiger partial charge < -0.3 is 14.8 Å². The highest BCUT2D eigenvalue weighted by Crippen LogP contribution is 2.36. The summed E-state index contributed by atoms with van der Waals surface area (Å²) in [5.41, 5.74) is 5.28. The van der Waals surface area contributed by atoms with Crippen LogP contribution >= 0.6 is 0 Å². The van der Waals surface area contributed by atoms with Gasteiger partial charge in [-0.1, -0.05) is 48.5 Å². The molecule has 158 valence electrons. The fourth-order valence-corrected chi connectivity index (χ4v) is 3.68. The molecule has 5 aromatic rings. The third kappa shape index (κ3) is 3.60. The van der Waals surface area contributed by atoms with Gasteiger partial charge in [0, 0.05) is 5.56 Å². The number of nitrogens with one attached hydrogen (secondary N) is 2. The second kappa shape index (κ2) is 8.39. The van der Waals surface area contributed by atoms with Gasteiger partial charge in [0.25, 0.3) is 0 Å². The maximum atomic E-state index is 5.60. The van der Waals surface area contributed by atoms with E-state index in [1.807, 2.05) is 60.7 Å². The van der Waals surface area contributed by atoms with Crippen LogP contribution in [0.15, 0.2) is 79.1 Å². The number of rotatable bonds is 6. The maximum Gasteiger partial charge on any atom is 0.186 e. The Kier molecular flexibility index (Phi) is 5.13. The molecule has 0 aliphatic carbocycles. The van der Waals surface area contributed by atoms with Gasteiger partial charge in [0.15, 0.2) is 5.65 Å². The largest absolute Gasteiger partial charge is 0.497 e. The predicted molar refractivity (Wildman–Crippen MR) is 125 cm³/mol. The van der Waals surface area contributed by atoms with Crippen LogP contribution in [0.2, 0.25) is 0 Å². The van der Waals surface area contributed by atoms with Gasteiger partial charge in [0.1, 0.15) is 23.6 Å². The highest BCUT2D eigenvalue weighted by Gasteiger charge is 2.16. The van der Waals surface area contributed by atoms with E-state index in [9.17, 15) is 0 Å². The Bertz CT molecular complexity index is 1380. The molecule has 0 bridgehead atoms. The zero-order chi connectivity index (χ0) is 21.9. The van der Waals surface area contributed by atoms with Crippen molar-refractivity contribution in [3.63, 3.8) is 0 Å². The normalized spacial score (nSPS) is 10.8. The lowest BCUT2D eigenvalue weighted by Gasteiger charge is -2.13. The van der Waals surface area contributed by atoms with Crippen molar-refractivity contribution in [3.05, 3.63) is 79.1 Å². The molecule has 0 fully saturated rings. The number of hydrogen-bond donors (Lipinski definition) is 2. The van der Waals surface area contributed by atoms with Gasteiger partial charge in [-0.2, -0.15) is 5.10 Å². The fraction of sp³-hybridized carbons (Fsp3) is 0.0800. The lowest BCUT2D eigenvalue weighted by Crippen LogP contribution is -1.99. The van der Waals surface area contributed by atoms with Crippen molar-refractivity contribution in [1.29, 1.82) is 0 Å². The first-order valence-electron chi connectivity index (χ1n) is 10.1. The zero-order valence-electron chi connectivity index (χ0n) is 17.7. The standard InChI is InChI=1S/C25H21N5O2/c1-31-19-10-6-9-18(13-19)23-22-24(26-15-27-25(22)30-29-23)28-20-14-17(11-12-21(20)32-2)16-7-4-3-5-8-16/h3-15H,1-2H3,(H2,26,27,28,29,30). The molecule has 2 N–H and O–H groups in total. The van der Waals surface area contributed by atoms with Crippen LogP contribution in [0.5, 0.6) is 11.5 Å². The Labute approximate surface area is 185 Å². The van der Waals surface area contributed by atoms with Crippen molar-refractivity contribution in [2.24, 2.45) is 0 Å². The number of benzene rings is 3. The summed E-state index contributed by atoms with van der Waals surface area (Å²) in [7, 11) is 3.30. The van der Waals surface area contributed by atoms with E-state index in [-0.39, 0.29) is 0 Å². The molecule has 5 rings (SSSR count). The highest BCUT2D eigenvalue weighted by molar-refractivity contribution is 6.00. The van der Waals surface area contributed by atoms with E-state index in [0.717, 1.165) is 39.2 Å². The second-order valence-electron chi connectivity index (χ2n) is 7.16. The number of nitrogens with zero attached hydrogens (tertiary/aromatic N) is 3. The molecule has 0 spiro atoms. The van der Waals surface area contributed by atoms with E-state index in [2.05, 4.69) is 37.6 Å². The Morgan fingerprint density at radius 3 is 2.44 bits per heavy atom. The highest BCUT2D eigenvalue weighted by atomic mass is 16.5. The first-order valence-corrected chi connectivity index (χ1v) is 10.1. The molecule has 0 aliphatic rings. The molecule has 3 aromatic carbocycles. The second-order valence-corrected chi connectivity index (χ2v) is 7.16. The third-order valence-electron chi connectivity index (χ3n) is 5.27. The van der Waals surface area contributed by atoms with Crippen LogP contribution in [-0.4, -0.2) is 34.4 Å². The van der Waals surface area contributed by atoms with Crippen LogP contribution in [0, 0.1) is 0 Å². The summed E-state index contributed by atoms with van der Waals surface area (Å²) in [6, 6.07) is 24.0. The van der Waals surface area contributed by atoms with E-state index in [0.29, 0.717) is 17.2 Å². The molecule has 0 atom stereocenters. The van der Waals surface area contributed by atoms with Crippen LogP contribution < -0.4 is 14.8 Å². The van der Waals surface area contributed by atoms with Crippen molar-refractivity contribution in [1.82, 2.24) is 20.2 Å². The molecule has 32 heavy (non-hydrogen) atoms. The van der Waals surface area contributed by atoms with E-state index >= 15 is 0 Å². The number of ether oxygens (including phenoxy) is 2. The topological polar surface area (TPSA) is 85.0 Å². The van der Waals surface area contributed by atoms with E-state index in [1.54, 1.807) is 14.2 Å². The van der Waals surface area contributed by atoms with Crippen LogP contribution in [0.4, 0.5) is 11.5 Å². The average Bonchev–Trinajstić information content (AvgIpc) is 3.30. The minimum Gasteiger partial charge on any atom is -0.497 e. The fourth-order valence-electron chi connectivity index (χ4n) is 3.68. The Morgan fingerprint density at radius 1 is 0.781 bits per heavy atom. The van der Waals surface area contributed by atoms with Crippen molar-refractivity contribution >= 4 is 22.5 Å². The number of H-pyrrole nitrogens is 1. The smallest absolute Gasteiger partial charge is 0.186 e. The van der Waals surface area contributed by atoms with Gasteiger partial charge in [-0.15, -0.1) is 0 Å². The summed E-state index contributed by atoms with van der Waals surface area (Å²) in [6.45, 7) is 0. The Morgan fingerprint density at radius 2 is 1.62 bits per heavy atom. The Hall–Kier alpha value is -4.39. The number of anilines is 2. The van der Waals surface area contributed by atoms with E-state index < -0.39 is 0 Å². The van der Waals surface area contributed by atoms with Crippen LogP contribution in [0.3, 0.4) is 0 Å². The van der Waals surface area contributed by atoms with Gasteiger partial charge in [-0.3, -0.25) is 5.10 Å². The molecular formula is C25H21N5O2. The molecule has 0 unspecified atom stereocenters. The molecule has 0 saturated heterocycles. The number of aromatic amines is 1. The molecule has 0 amide bonds. The van der Waals surface area contributed by atoms with Gasteiger partial charge in [-0.25, -0.2) is 9.97 Å². The van der Waals surface area contributed by atoms with Crippen LogP contribution in [0.1, 0.15) is 0 Å². The first-order chi connectivity index (χ1) is 15.8. The maximum absolute atomic E-state index is 5.60. The summed E-state index contributed by atoms with van der Waals surface area (Å²) < 4.78 is 11.0. The molecule has 0 saturated carbocycles. The molecule has 7 nitrogen and oxygen atoms in total. The van der Waals surface area contributed by atoms with E-state index in [1.165, 1.54) is 6.33 Å². The summed E-state index contributed by atoms with van der Waals surface area (Å²) in [5.74, 6) is 2.10. The number of hydrogen-bond acceptors (Lipinski definition) is 6. The number of methoxy groups -OCH3 is 2. The van der Waals surface area contributed by atoms with Crippen molar-refractivity contribution in [2.45, 2.75) is 0 Å². The molecule has 2 heterocycles. The number of aromatic nitrogens is 4. The average molecular weight is 423 g/mol. The van der Waals surface area contributed by atoms with Crippen molar-refractivity contribution in [2.75, 3.05) is 19.5 Å². The summed E-state index contributed by atoms with van der Waals surface area (Å²) >= 11 is 0. The zero-order valence-corrected chi connectivity index (χ0v) is 17.7. The summed E-state index contributed by atoms with van der Waals surface area (Å²) in [4.78, 5) is 8.84. The minimum absolute atomic E-state index is 0.568. The van der Waals surface area contributed by atoms with E-state index in [4.69, 9.17) is 9.47 Å². The van der Waals surface area contributed by atoms with Crippen molar-refractivity contribution < 1.29 is 9.47 Å². The lowest BCUT2D eigenvalue weighted by molar-refractivity contribution is 0.415.